The van der Waals surface area contributed by atoms with Crippen molar-refractivity contribution in [2.75, 3.05) is 20.1 Å². The Morgan fingerprint density at radius 3 is 2.82 bits per heavy atom. The lowest BCUT2D eigenvalue weighted by molar-refractivity contribution is 0.228. The van der Waals surface area contributed by atoms with E-state index in [1.807, 2.05) is 0 Å². The Hall–Kier alpha value is -1.32. The van der Waals surface area contributed by atoms with E-state index in [4.69, 9.17) is 5.73 Å². The molecule has 0 saturated carbocycles. The van der Waals surface area contributed by atoms with Gasteiger partial charge in [0.05, 0.1) is 6.04 Å². The maximum Gasteiger partial charge on any atom is 0.0625 e. The van der Waals surface area contributed by atoms with E-state index in [9.17, 15) is 0 Å². The first-order valence-corrected chi connectivity index (χ1v) is 6.20. The highest BCUT2D eigenvalue weighted by molar-refractivity contribution is 5.86. The summed E-state index contributed by atoms with van der Waals surface area (Å²) in [7, 11) is 4.32. The highest BCUT2D eigenvalue weighted by Crippen LogP contribution is 2.35. The molecule has 1 aromatic carbocycles. The summed E-state index contributed by atoms with van der Waals surface area (Å²) in [6, 6.07) is 9.01. The molecule has 17 heavy (non-hydrogen) atoms. The normalized spacial score (nSPS) is 20.8. The molecule has 3 rings (SSSR count). The Morgan fingerprint density at radius 2 is 2.06 bits per heavy atom. The monoisotopic (exact) mass is 229 g/mol. The van der Waals surface area contributed by atoms with Crippen LogP contribution in [0.15, 0.2) is 24.3 Å². The van der Waals surface area contributed by atoms with Gasteiger partial charge in [-0.1, -0.05) is 18.2 Å². The Labute approximate surface area is 102 Å². The van der Waals surface area contributed by atoms with Crippen molar-refractivity contribution in [1.82, 2.24) is 9.47 Å². The number of likely N-dealkylation sites (N-methyl/N-ethyl adjacent to an activating group) is 1. The van der Waals surface area contributed by atoms with Gasteiger partial charge in [-0.15, -0.1) is 0 Å². The molecule has 90 valence electrons. The second-order valence-corrected chi connectivity index (χ2v) is 4.92. The molecule has 1 unspecified atom stereocenters. The number of rotatable bonds is 1. The molecule has 0 aliphatic carbocycles. The fourth-order valence-corrected chi connectivity index (χ4v) is 3.12. The van der Waals surface area contributed by atoms with E-state index in [2.05, 4.69) is 47.8 Å². The molecule has 3 nitrogen and oxygen atoms in total. The maximum atomic E-state index is 5.94. The van der Waals surface area contributed by atoms with E-state index in [0.29, 0.717) is 12.6 Å². The molecule has 1 aliphatic rings. The third kappa shape index (κ3) is 1.43. The molecule has 0 saturated heterocycles. The van der Waals surface area contributed by atoms with Gasteiger partial charge in [-0.05, 0) is 25.1 Å². The fourth-order valence-electron chi connectivity index (χ4n) is 3.12. The van der Waals surface area contributed by atoms with Crippen molar-refractivity contribution in [3.63, 3.8) is 0 Å². The quantitative estimate of drug-likeness (QED) is 0.807. The minimum Gasteiger partial charge on any atom is -0.346 e. The zero-order chi connectivity index (χ0) is 12.0. The molecule has 0 bridgehead atoms. The van der Waals surface area contributed by atoms with Crippen molar-refractivity contribution >= 4 is 10.9 Å². The molecule has 1 atom stereocenters. The minimum absolute atomic E-state index is 0.358. The van der Waals surface area contributed by atoms with Crippen molar-refractivity contribution in [1.29, 1.82) is 0 Å². The second-order valence-electron chi connectivity index (χ2n) is 4.92. The number of para-hydroxylation sites is 1. The summed E-state index contributed by atoms with van der Waals surface area (Å²) in [6.45, 7) is 1.79. The molecule has 1 aromatic heterocycles. The van der Waals surface area contributed by atoms with Crippen LogP contribution in [0, 0.1) is 0 Å². The van der Waals surface area contributed by atoms with Gasteiger partial charge < -0.3 is 10.3 Å². The number of nitrogens with two attached hydrogens (primary N) is 1. The van der Waals surface area contributed by atoms with Crippen LogP contribution in [0.5, 0.6) is 0 Å². The zero-order valence-corrected chi connectivity index (χ0v) is 10.5. The van der Waals surface area contributed by atoms with E-state index >= 15 is 0 Å². The van der Waals surface area contributed by atoms with Gasteiger partial charge in [0.1, 0.15) is 0 Å². The van der Waals surface area contributed by atoms with Crippen LogP contribution >= 0.6 is 0 Å². The highest BCUT2D eigenvalue weighted by atomic mass is 15.2. The average Bonchev–Trinajstić information content (AvgIpc) is 2.64. The van der Waals surface area contributed by atoms with Gasteiger partial charge in [0.25, 0.3) is 0 Å². The molecule has 0 fully saturated rings. The predicted octanol–water partition coefficient (Wildman–Crippen LogP) is 1.67. The standard InChI is InChI=1S/C14H19N3/c1-16-8-7-11-10-5-3-4-6-12(10)17(2)14(11)13(16)9-15/h3-6,13H,7-9,15H2,1-2H3. The number of hydrogen-bond donors (Lipinski definition) is 1. The van der Waals surface area contributed by atoms with E-state index in [-0.39, 0.29) is 0 Å². The number of benzene rings is 1. The molecule has 0 spiro atoms. The number of aryl methyl sites for hydroxylation is 1. The summed E-state index contributed by atoms with van der Waals surface area (Å²) in [5.41, 5.74) is 10.2. The predicted molar refractivity (Wildman–Crippen MR) is 71.0 cm³/mol. The molecule has 1 aliphatic heterocycles. The van der Waals surface area contributed by atoms with Crippen LogP contribution < -0.4 is 5.73 Å². The second kappa shape index (κ2) is 3.86. The van der Waals surface area contributed by atoms with Crippen molar-refractivity contribution in [3.8, 4) is 0 Å². The molecule has 2 N–H and O–H groups in total. The first-order chi connectivity index (χ1) is 8.24. The zero-order valence-electron chi connectivity index (χ0n) is 10.5. The van der Waals surface area contributed by atoms with Gasteiger partial charge in [-0.3, -0.25) is 4.90 Å². The van der Waals surface area contributed by atoms with Gasteiger partial charge in [0.15, 0.2) is 0 Å². The van der Waals surface area contributed by atoms with Crippen LogP contribution in [0.25, 0.3) is 10.9 Å². The molecule has 2 aromatic rings. The van der Waals surface area contributed by atoms with Crippen molar-refractivity contribution < 1.29 is 0 Å². The molecule has 0 amide bonds. The summed E-state index contributed by atoms with van der Waals surface area (Å²) >= 11 is 0. The number of aromatic nitrogens is 1. The van der Waals surface area contributed by atoms with Gasteiger partial charge in [-0.2, -0.15) is 0 Å². The Morgan fingerprint density at radius 1 is 1.29 bits per heavy atom. The van der Waals surface area contributed by atoms with Crippen LogP contribution in [-0.4, -0.2) is 29.6 Å². The van der Waals surface area contributed by atoms with E-state index in [1.165, 1.54) is 22.2 Å². The summed E-state index contributed by atoms with van der Waals surface area (Å²) in [4.78, 5) is 2.36. The number of hydrogen-bond acceptors (Lipinski definition) is 2. The number of fused-ring (bicyclic) bond motifs is 3. The third-order valence-electron chi connectivity index (χ3n) is 4.05. The van der Waals surface area contributed by atoms with Crippen LogP contribution in [0.4, 0.5) is 0 Å². The van der Waals surface area contributed by atoms with Crippen molar-refractivity contribution in [2.24, 2.45) is 12.8 Å². The summed E-state index contributed by atoms with van der Waals surface area (Å²) in [6.07, 6.45) is 1.13. The van der Waals surface area contributed by atoms with Crippen LogP contribution in [-0.2, 0) is 13.5 Å². The largest absolute Gasteiger partial charge is 0.346 e. The topological polar surface area (TPSA) is 34.2 Å². The van der Waals surface area contributed by atoms with Crippen LogP contribution in [0.2, 0.25) is 0 Å². The first kappa shape index (κ1) is 10.8. The lowest BCUT2D eigenvalue weighted by Crippen LogP contribution is -2.37. The smallest absolute Gasteiger partial charge is 0.0625 e. The Bertz CT molecular complexity index is 556. The lowest BCUT2D eigenvalue weighted by Gasteiger charge is -2.33. The summed E-state index contributed by atoms with van der Waals surface area (Å²) < 4.78 is 2.32. The molecular weight excluding hydrogens is 210 g/mol. The van der Waals surface area contributed by atoms with E-state index < -0.39 is 0 Å². The lowest BCUT2D eigenvalue weighted by atomic mass is 9.98. The van der Waals surface area contributed by atoms with Crippen LogP contribution in [0.3, 0.4) is 0 Å². The Balaban J connectivity index is 2.31. The molecular formula is C14H19N3. The van der Waals surface area contributed by atoms with Crippen molar-refractivity contribution in [2.45, 2.75) is 12.5 Å². The highest BCUT2D eigenvalue weighted by Gasteiger charge is 2.28. The van der Waals surface area contributed by atoms with Crippen LogP contribution in [0.1, 0.15) is 17.3 Å². The number of nitrogens with zero attached hydrogens (tertiary/aromatic N) is 2. The van der Waals surface area contributed by atoms with Gasteiger partial charge in [-0.25, -0.2) is 0 Å². The average molecular weight is 229 g/mol. The van der Waals surface area contributed by atoms with E-state index in [0.717, 1.165) is 13.0 Å². The molecule has 3 heteroatoms. The van der Waals surface area contributed by atoms with Gasteiger partial charge in [0, 0.05) is 36.7 Å². The van der Waals surface area contributed by atoms with Gasteiger partial charge >= 0.3 is 0 Å². The van der Waals surface area contributed by atoms with E-state index in [1.54, 1.807) is 0 Å². The Kier molecular flexibility index (Phi) is 2.45. The summed E-state index contributed by atoms with van der Waals surface area (Å²) in [5.74, 6) is 0. The van der Waals surface area contributed by atoms with Gasteiger partial charge in [0.2, 0.25) is 0 Å². The SMILES string of the molecule is CN1CCc2c(n(C)c3ccccc23)C1CN. The molecule has 0 radical (unpaired) electrons. The minimum atomic E-state index is 0.358. The van der Waals surface area contributed by atoms with Crippen molar-refractivity contribution in [3.05, 3.63) is 35.5 Å². The first-order valence-electron chi connectivity index (χ1n) is 6.20. The third-order valence-corrected chi connectivity index (χ3v) is 4.05. The summed E-state index contributed by atoms with van der Waals surface area (Å²) in [5, 5.41) is 1.40. The molecule has 2 heterocycles. The fraction of sp³-hybridized carbons (Fsp3) is 0.429. The maximum absolute atomic E-state index is 5.94.